The molecule has 4 heteroatoms. The maximum absolute atomic E-state index is 11.8. The SMILES string of the molecule is CCCCC(C(=O)OC)N1CCCN(C)CC1. The Morgan fingerprint density at radius 2 is 2.06 bits per heavy atom. The summed E-state index contributed by atoms with van der Waals surface area (Å²) >= 11 is 0. The third-order valence-corrected chi connectivity index (χ3v) is 3.50. The second-order valence-electron chi connectivity index (χ2n) is 4.87. The van der Waals surface area contributed by atoms with E-state index in [1.807, 2.05) is 0 Å². The third kappa shape index (κ3) is 4.64. The fraction of sp³-hybridized carbons (Fsp3) is 0.923. The highest BCUT2D eigenvalue weighted by molar-refractivity contribution is 5.75. The zero-order valence-corrected chi connectivity index (χ0v) is 11.4. The number of carbonyl (C=O) groups is 1. The van der Waals surface area contributed by atoms with Crippen molar-refractivity contribution in [3.8, 4) is 0 Å². The molecule has 1 atom stereocenters. The van der Waals surface area contributed by atoms with Gasteiger partial charge in [-0.1, -0.05) is 19.8 Å². The van der Waals surface area contributed by atoms with Gasteiger partial charge >= 0.3 is 5.97 Å². The van der Waals surface area contributed by atoms with Gasteiger partial charge in [-0.3, -0.25) is 9.69 Å². The predicted octanol–water partition coefficient (Wildman–Crippen LogP) is 1.36. The molecule has 1 aliphatic heterocycles. The molecule has 0 aromatic carbocycles. The number of rotatable bonds is 5. The average molecular weight is 242 g/mol. The minimum absolute atomic E-state index is 0.0357. The zero-order chi connectivity index (χ0) is 12.7. The summed E-state index contributed by atoms with van der Waals surface area (Å²) in [6, 6.07) is -0.0357. The Labute approximate surface area is 105 Å². The molecule has 4 nitrogen and oxygen atoms in total. The highest BCUT2D eigenvalue weighted by Gasteiger charge is 2.27. The Morgan fingerprint density at radius 1 is 1.29 bits per heavy atom. The van der Waals surface area contributed by atoms with Crippen LogP contribution in [0.2, 0.25) is 0 Å². The second-order valence-corrected chi connectivity index (χ2v) is 4.87. The number of unbranched alkanes of at least 4 members (excludes halogenated alkanes) is 1. The largest absolute Gasteiger partial charge is 0.468 e. The van der Waals surface area contributed by atoms with Crippen molar-refractivity contribution < 1.29 is 9.53 Å². The van der Waals surface area contributed by atoms with E-state index < -0.39 is 0 Å². The summed E-state index contributed by atoms with van der Waals surface area (Å²) in [4.78, 5) is 16.5. The molecule has 0 N–H and O–H groups in total. The normalized spacial score (nSPS) is 20.9. The van der Waals surface area contributed by atoms with E-state index in [2.05, 4.69) is 23.8 Å². The highest BCUT2D eigenvalue weighted by Crippen LogP contribution is 2.13. The van der Waals surface area contributed by atoms with Crippen LogP contribution in [0.15, 0.2) is 0 Å². The lowest BCUT2D eigenvalue weighted by Gasteiger charge is -2.28. The summed E-state index contributed by atoms with van der Waals surface area (Å²) in [5.74, 6) is -0.0667. The van der Waals surface area contributed by atoms with Crippen molar-refractivity contribution >= 4 is 5.97 Å². The number of methoxy groups -OCH3 is 1. The highest BCUT2D eigenvalue weighted by atomic mass is 16.5. The quantitative estimate of drug-likeness (QED) is 0.681. The molecular weight excluding hydrogens is 216 g/mol. The van der Waals surface area contributed by atoms with Crippen molar-refractivity contribution in [1.82, 2.24) is 9.80 Å². The van der Waals surface area contributed by atoms with Crippen molar-refractivity contribution in [3.05, 3.63) is 0 Å². The summed E-state index contributed by atoms with van der Waals surface area (Å²) in [6.07, 6.45) is 4.27. The van der Waals surface area contributed by atoms with Gasteiger partial charge in [0.2, 0.25) is 0 Å². The Kier molecular flexibility index (Phi) is 6.52. The zero-order valence-electron chi connectivity index (χ0n) is 11.4. The summed E-state index contributed by atoms with van der Waals surface area (Å²) in [7, 11) is 3.63. The van der Waals surface area contributed by atoms with E-state index >= 15 is 0 Å². The standard InChI is InChI=1S/C13H26N2O2/c1-4-5-7-12(13(16)17-3)15-9-6-8-14(2)10-11-15/h12H,4-11H2,1-3H3. The molecule has 0 radical (unpaired) electrons. The van der Waals surface area contributed by atoms with Crippen LogP contribution in [0.4, 0.5) is 0 Å². The Hall–Kier alpha value is -0.610. The molecule has 0 aromatic heterocycles. The topological polar surface area (TPSA) is 32.8 Å². The summed E-state index contributed by atoms with van der Waals surface area (Å²) in [6.45, 7) is 6.30. The van der Waals surface area contributed by atoms with Crippen LogP contribution in [0.1, 0.15) is 32.6 Å². The molecule has 1 unspecified atom stereocenters. The molecule has 1 saturated heterocycles. The lowest BCUT2D eigenvalue weighted by molar-refractivity contribution is -0.147. The van der Waals surface area contributed by atoms with Crippen molar-refractivity contribution in [3.63, 3.8) is 0 Å². The van der Waals surface area contributed by atoms with Gasteiger partial charge in [0.05, 0.1) is 7.11 Å². The first kappa shape index (κ1) is 14.5. The lowest BCUT2D eigenvalue weighted by atomic mass is 10.1. The average Bonchev–Trinajstić information content (AvgIpc) is 2.54. The van der Waals surface area contributed by atoms with Crippen molar-refractivity contribution in [2.75, 3.05) is 40.3 Å². The van der Waals surface area contributed by atoms with Crippen molar-refractivity contribution in [2.24, 2.45) is 0 Å². The van der Waals surface area contributed by atoms with Crippen LogP contribution in [-0.4, -0.2) is 62.1 Å². The third-order valence-electron chi connectivity index (χ3n) is 3.50. The van der Waals surface area contributed by atoms with Gasteiger partial charge in [0.15, 0.2) is 0 Å². The first-order chi connectivity index (χ1) is 8.19. The van der Waals surface area contributed by atoms with Gasteiger partial charge in [0, 0.05) is 19.6 Å². The molecular formula is C13H26N2O2. The van der Waals surface area contributed by atoms with Crippen LogP contribution in [0.3, 0.4) is 0 Å². The Morgan fingerprint density at radius 3 is 2.71 bits per heavy atom. The first-order valence-corrected chi connectivity index (χ1v) is 6.69. The molecule has 100 valence electrons. The molecule has 0 saturated carbocycles. The van der Waals surface area contributed by atoms with Crippen LogP contribution in [-0.2, 0) is 9.53 Å². The molecule has 0 bridgehead atoms. The van der Waals surface area contributed by atoms with Crippen LogP contribution < -0.4 is 0 Å². The summed E-state index contributed by atoms with van der Waals surface area (Å²) in [5.41, 5.74) is 0. The van der Waals surface area contributed by atoms with Gasteiger partial charge in [0.1, 0.15) is 6.04 Å². The maximum atomic E-state index is 11.8. The minimum atomic E-state index is -0.0667. The number of hydrogen-bond donors (Lipinski definition) is 0. The van der Waals surface area contributed by atoms with Crippen LogP contribution in [0.5, 0.6) is 0 Å². The second kappa shape index (κ2) is 7.67. The number of carbonyl (C=O) groups excluding carboxylic acids is 1. The van der Waals surface area contributed by atoms with E-state index in [0.29, 0.717) is 0 Å². The van der Waals surface area contributed by atoms with Crippen LogP contribution in [0, 0.1) is 0 Å². The number of ether oxygens (including phenoxy) is 1. The lowest BCUT2D eigenvalue weighted by Crippen LogP contribution is -2.43. The molecule has 0 spiro atoms. The van der Waals surface area contributed by atoms with Gasteiger partial charge in [0.25, 0.3) is 0 Å². The molecule has 0 amide bonds. The smallest absolute Gasteiger partial charge is 0.323 e. The first-order valence-electron chi connectivity index (χ1n) is 6.69. The van der Waals surface area contributed by atoms with E-state index in [4.69, 9.17) is 4.74 Å². The van der Waals surface area contributed by atoms with E-state index in [1.54, 1.807) is 0 Å². The molecule has 1 rings (SSSR count). The maximum Gasteiger partial charge on any atom is 0.323 e. The van der Waals surface area contributed by atoms with E-state index in [9.17, 15) is 4.79 Å². The molecule has 1 fully saturated rings. The molecule has 1 aliphatic rings. The van der Waals surface area contributed by atoms with Crippen molar-refractivity contribution in [2.45, 2.75) is 38.6 Å². The van der Waals surface area contributed by atoms with Gasteiger partial charge in [-0.25, -0.2) is 0 Å². The van der Waals surface area contributed by atoms with Crippen LogP contribution >= 0.6 is 0 Å². The van der Waals surface area contributed by atoms with Gasteiger partial charge in [-0.2, -0.15) is 0 Å². The number of hydrogen-bond acceptors (Lipinski definition) is 4. The molecule has 0 aromatic rings. The van der Waals surface area contributed by atoms with Gasteiger partial charge < -0.3 is 9.64 Å². The number of nitrogens with zero attached hydrogens (tertiary/aromatic N) is 2. The van der Waals surface area contributed by atoms with Crippen LogP contribution in [0.25, 0.3) is 0 Å². The van der Waals surface area contributed by atoms with E-state index in [-0.39, 0.29) is 12.0 Å². The fourth-order valence-electron chi connectivity index (χ4n) is 2.36. The van der Waals surface area contributed by atoms with E-state index in [0.717, 1.165) is 51.9 Å². The molecule has 17 heavy (non-hydrogen) atoms. The fourth-order valence-corrected chi connectivity index (χ4v) is 2.36. The number of likely N-dealkylation sites (N-methyl/N-ethyl adjacent to an activating group) is 1. The predicted molar refractivity (Wildman–Crippen MR) is 69.0 cm³/mol. The van der Waals surface area contributed by atoms with Crippen molar-refractivity contribution in [1.29, 1.82) is 0 Å². The van der Waals surface area contributed by atoms with Gasteiger partial charge in [-0.05, 0) is 26.4 Å². The minimum Gasteiger partial charge on any atom is -0.468 e. The van der Waals surface area contributed by atoms with Gasteiger partial charge in [-0.15, -0.1) is 0 Å². The molecule has 1 heterocycles. The Balaban J connectivity index is 2.57. The number of esters is 1. The van der Waals surface area contributed by atoms with E-state index in [1.165, 1.54) is 7.11 Å². The summed E-state index contributed by atoms with van der Waals surface area (Å²) in [5, 5.41) is 0. The Bertz CT molecular complexity index is 233. The summed E-state index contributed by atoms with van der Waals surface area (Å²) < 4.78 is 4.94. The molecule has 0 aliphatic carbocycles. The monoisotopic (exact) mass is 242 g/mol.